The fraction of sp³-hybridized carbons (Fsp3) is 0.286. The molecule has 3 heterocycles. The second-order valence-electron chi connectivity index (χ2n) is 7.29. The van der Waals surface area contributed by atoms with Crippen LogP contribution in [-0.2, 0) is 16.9 Å². The van der Waals surface area contributed by atoms with Crippen molar-refractivity contribution in [3.8, 4) is 17.1 Å². The number of aliphatic hydroxyl groups is 1. The average Bonchev–Trinajstić information content (AvgIpc) is 2.99. The van der Waals surface area contributed by atoms with Crippen LogP contribution in [0.3, 0.4) is 0 Å². The molecule has 0 aliphatic carbocycles. The molecule has 2 aromatic heterocycles. The van der Waals surface area contributed by atoms with Crippen molar-refractivity contribution in [2.24, 2.45) is 0 Å². The zero-order valence-corrected chi connectivity index (χ0v) is 15.6. The van der Waals surface area contributed by atoms with Gasteiger partial charge in [0.15, 0.2) is 0 Å². The van der Waals surface area contributed by atoms with E-state index in [0.29, 0.717) is 34.6 Å². The summed E-state index contributed by atoms with van der Waals surface area (Å²) in [6, 6.07) is 8.51. The topological polar surface area (TPSA) is 113 Å². The van der Waals surface area contributed by atoms with Crippen molar-refractivity contribution in [3.63, 3.8) is 0 Å². The van der Waals surface area contributed by atoms with Crippen LogP contribution in [-0.4, -0.2) is 30.8 Å². The number of phenols is 1. The lowest BCUT2D eigenvalue weighted by Crippen LogP contribution is -2.33. The van der Waals surface area contributed by atoms with Crippen LogP contribution in [0.25, 0.3) is 22.3 Å². The van der Waals surface area contributed by atoms with Crippen molar-refractivity contribution in [1.29, 1.82) is 0 Å². The maximum atomic E-state index is 13.0. The predicted octanol–water partition coefficient (Wildman–Crippen LogP) is 2.51. The highest BCUT2D eigenvalue weighted by Crippen LogP contribution is 2.37. The molecule has 1 aliphatic rings. The van der Waals surface area contributed by atoms with Gasteiger partial charge in [0.05, 0.1) is 29.9 Å². The van der Waals surface area contributed by atoms with Crippen LogP contribution in [0.2, 0.25) is 0 Å². The van der Waals surface area contributed by atoms with Crippen LogP contribution >= 0.6 is 0 Å². The number of pyridine rings is 2. The number of benzene rings is 1. The normalized spacial score (nSPS) is 14.5. The maximum absolute atomic E-state index is 13.0. The molecule has 0 fully saturated rings. The Bertz CT molecular complexity index is 1200. The third-order valence-electron chi connectivity index (χ3n) is 5.52. The standard InChI is InChI=1S/C21H20N2O5/c1-3-21(28,9-18(25)26)15-8-17-19-13(10-23(17)20(27)11(15)2)6-12-4-5-14(24)7-16(12)22-19/h4-8,24,28H,3,9-10H2,1-2H3,(H,25,26). The fourth-order valence-electron chi connectivity index (χ4n) is 3.96. The molecule has 0 bridgehead atoms. The number of hydrogen-bond donors (Lipinski definition) is 3. The van der Waals surface area contributed by atoms with Crippen molar-refractivity contribution >= 4 is 16.9 Å². The van der Waals surface area contributed by atoms with Gasteiger partial charge in [0.1, 0.15) is 11.4 Å². The van der Waals surface area contributed by atoms with E-state index in [1.54, 1.807) is 42.7 Å². The van der Waals surface area contributed by atoms with Gasteiger partial charge in [-0.2, -0.15) is 0 Å². The van der Waals surface area contributed by atoms with Crippen molar-refractivity contribution in [1.82, 2.24) is 9.55 Å². The number of carboxylic acids is 1. The third-order valence-corrected chi connectivity index (χ3v) is 5.52. The Morgan fingerprint density at radius 1 is 1.29 bits per heavy atom. The summed E-state index contributed by atoms with van der Waals surface area (Å²) in [6.45, 7) is 3.66. The third kappa shape index (κ3) is 2.66. The second-order valence-corrected chi connectivity index (χ2v) is 7.29. The van der Waals surface area contributed by atoms with Gasteiger partial charge in [-0.25, -0.2) is 4.98 Å². The fourth-order valence-corrected chi connectivity index (χ4v) is 3.96. The van der Waals surface area contributed by atoms with Crippen LogP contribution in [0, 0.1) is 6.92 Å². The van der Waals surface area contributed by atoms with Crippen molar-refractivity contribution in [2.75, 3.05) is 0 Å². The molecular weight excluding hydrogens is 360 g/mol. The zero-order valence-electron chi connectivity index (χ0n) is 15.6. The van der Waals surface area contributed by atoms with Gasteiger partial charge in [-0.05, 0) is 43.2 Å². The van der Waals surface area contributed by atoms with Gasteiger partial charge in [0.25, 0.3) is 5.56 Å². The van der Waals surface area contributed by atoms with E-state index in [9.17, 15) is 24.9 Å². The summed E-state index contributed by atoms with van der Waals surface area (Å²) >= 11 is 0. The molecule has 1 aromatic carbocycles. The molecule has 0 amide bonds. The summed E-state index contributed by atoms with van der Waals surface area (Å²) in [7, 11) is 0. The summed E-state index contributed by atoms with van der Waals surface area (Å²) in [5.41, 5.74) is 1.36. The number of fused-ring (bicyclic) bond motifs is 4. The van der Waals surface area contributed by atoms with E-state index in [-0.39, 0.29) is 17.7 Å². The van der Waals surface area contributed by atoms with E-state index in [1.165, 1.54) is 0 Å². The Hall–Kier alpha value is -3.19. The molecule has 3 N–H and O–H groups in total. The molecule has 7 nitrogen and oxygen atoms in total. The first-order valence-corrected chi connectivity index (χ1v) is 9.05. The SMILES string of the molecule is CCC(O)(CC(=O)O)c1cc2n(c(=O)c1C)Cc1cc3ccc(O)cc3nc1-2. The Morgan fingerprint density at radius 2 is 2.04 bits per heavy atom. The first-order valence-electron chi connectivity index (χ1n) is 9.05. The van der Waals surface area contributed by atoms with Gasteiger partial charge in [0.2, 0.25) is 0 Å². The minimum atomic E-state index is -1.64. The van der Waals surface area contributed by atoms with Gasteiger partial charge in [-0.1, -0.05) is 6.92 Å². The molecule has 3 aromatic rings. The van der Waals surface area contributed by atoms with E-state index in [4.69, 9.17) is 0 Å². The van der Waals surface area contributed by atoms with Crippen molar-refractivity contribution in [3.05, 3.63) is 57.4 Å². The molecule has 0 saturated carbocycles. The molecule has 1 aliphatic heterocycles. The number of phenolic OH excluding ortho intramolecular Hbond substituents is 1. The Kier molecular flexibility index (Phi) is 4.01. The molecule has 0 radical (unpaired) electrons. The highest BCUT2D eigenvalue weighted by molar-refractivity contribution is 5.85. The molecule has 144 valence electrons. The van der Waals surface area contributed by atoms with Gasteiger partial charge in [0, 0.05) is 22.6 Å². The molecular formula is C21H20N2O5. The largest absolute Gasteiger partial charge is 0.508 e. The van der Waals surface area contributed by atoms with E-state index in [2.05, 4.69) is 4.98 Å². The lowest BCUT2D eigenvalue weighted by atomic mass is 9.85. The number of carbonyl (C=O) groups is 1. The number of aromatic nitrogens is 2. The smallest absolute Gasteiger partial charge is 0.306 e. The lowest BCUT2D eigenvalue weighted by molar-refractivity contribution is -0.143. The van der Waals surface area contributed by atoms with Crippen LogP contribution in [0.4, 0.5) is 0 Å². The maximum Gasteiger partial charge on any atom is 0.306 e. The number of carboxylic acid groups (broad SMARTS) is 1. The Labute approximate surface area is 160 Å². The van der Waals surface area contributed by atoms with E-state index < -0.39 is 18.0 Å². The number of nitrogens with zero attached hydrogens (tertiary/aromatic N) is 2. The monoisotopic (exact) mass is 380 g/mol. The molecule has 28 heavy (non-hydrogen) atoms. The Balaban J connectivity index is 1.97. The number of rotatable bonds is 4. The van der Waals surface area contributed by atoms with Gasteiger partial charge < -0.3 is 19.9 Å². The van der Waals surface area contributed by atoms with Crippen LogP contribution < -0.4 is 5.56 Å². The quantitative estimate of drug-likeness (QED) is 0.501. The average molecular weight is 380 g/mol. The number of aliphatic carboxylic acids is 1. The van der Waals surface area contributed by atoms with Crippen molar-refractivity contribution in [2.45, 2.75) is 38.8 Å². The molecule has 1 unspecified atom stereocenters. The molecule has 0 saturated heterocycles. The van der Waals surface area contributed by atoms with E-state index in [0.717, 1.165) is 10.9 Å². The molecule has 1 atom stereocenters. The predicted molar refractivity (Wildman–Crippen MR) is 103 cm³/mol. The first kappa shape index (κ1) is 18.2. The summed E-state index contributed by atoms with van der Waals surface area (Å²) < 4.78 is 1.59. The van der Waals surface area contributed by atoms with E-state index in [1.807, 2.05) is 6.07 Å². The molecule has 4 rings (SSSR count). The summed E-state index contributed by atoms with van der Waals surface area (Å²) in [5, 5.41) is 30.8. The van der Waals surface area contributed by atoms with Crippen LogP contribution in [0.5, 0.6) is 5.75 Å². The highest BCUT2D eigenvalue weighted by Gasteiger charge is 2.35. The minimum Gasteiger partial charge on any atom is -0.508 e. The summed E-state index contributed by atoms with van der Waals surface area (Å²) in [5.74, 6) is -1.04. The first-order chi connectivity index (χ1) is 13.2. The Morgan fingerprint density at radius 3 is 2.71 bits per heavy atom. The number of aromatic hydroxyl groups is 1. The summed E-state index contributed by atoms with van der Waals surface area (Å²) in [6.07, 6.45) is -0.325. The van der Waals surface area contributed by atoms with Gasteiger partial charge >= 0.3 is 5.97 Å². The van der Waals surface area contributed by atoms with Gasteiger partial charge in [-0.15, -0.1) is 0 Å². The zero-order chi connectivity index (χ0) is 20.2. The van der Waals surface area contributed by atoms with Crippen molar-refractivity contribution < 1.29 is 20.1 Å². The molecule has 7 heteroatoms. The van der Waals surface area contributed by atoms with Crippen LogP contribution in [0.15, 0.2) is 35.1 Å². The highest BCUT2D eigenvalue weighted by atomic mass is 16.4. The second kappa shape index (κ2) is 6.17. The van der Waals surface area contributed by atoms with E-state index >= 15 is 0 Å². The summed E-state index contributed by atoms with van der Waals surface area (Å²) in [4.78, 5) is 28.9. The lowest BCUT2D eigenvalue weighted by Gasteiger charge is -2.27. The van der Waals surface area contributed by atoms with Crippen LogP contribution in [0.1, 0.15) is 36.5 Å². The minimum absolute atomic E-state index is 0.0988. The van der Waals surface area contributed by atoms with Gasteiger partial charge in [-0.3, -0.25) is 9.59 Å². The molecule has 0 spiro atoms. The number of hydrogen-bond acceptors (Lipinski definition) is 5.